The van der Waals surface area contributed by atoms with Gasteiger partial charge in [-0.1, -0.05) is 12.1 Å². The molecule has 0 saturated carbocycles. The fraction of sp³-hybridized carbons (Fsp3) is 0.0714. The van der Waals surface area contributed by atoms with E-state index >= 15 is 0 Å². The van der Waals surface area contributed by atoms with Crippen molar-refractivity contribution in [1.82, 2.24) is 0 Å². The van der Waals surface area contributed by atoms with Crippen LogP contribution >= 0.6 is 10.7 Å². The van der Waals surface area contributed by atoms with Crippen LogP contribution in [0.2, 0.25) is 0 Å². The van der Waals surface area contributed by atoms with E-state index in [0.29, 0.717) is 11.1 Å². The SMILES string of the molecule is N#Cc1cccc(COc2ccc(S(=O)(=O)Cl)cc2F)c1. The Bertz CT molecular complexity index is 815. The van der Waals surface area contributed by atoms with Gasteiger partial charge in [-0.25, -0.2) is 12.8 Å². The van der Waals surface area contributed by atoms with Crippen molar-refractivity contribution < 1.29 is 17.5 Å². The van der Waals surface area contributed by atoms with E-state index in [1.807, 2.05) is 6.07 Å². The van der Waals surface area contributed by atoms with Crippen LogP contribution in [0.25, 0.3) is 0 Å². The maximum absolute atomic E-state index is 13.7. The van der Waals surface area contributed by atoms with Gasteiger partial charge in [0.1, 0.15) is 6.61 Å². The lowest BCUT2D eigenvalue weighted by atomic mass is 10.1. The minimum absolute atomic E-state index is 0.0550. The van der Waals surface area contributed by atoms with E-state index in [0.717, 1.165) is 12.1 Å². The highest BCUT2D eigenvalue weighted by Gasteiger charge is 2.13. The van der Waals surface area contributed by atoms with Gasteiger partial charge in [0.05, 0.1) is 16.5 Å². The Morgan fingerprint density at radius 2 is 2.00 bits per heavy atom. The quantitative estimate of drug-likeness (QED) is 0.810. The maximum atomic E-state index is 13.7. The minimum Gasteiger partial charge on any atom is -0.486 e. The normalized spacial score (nSPS) is 10.9. The lowest BCUT2D eigenvalue weighted by molar-refractivity contribution is 0.290. The third kappa shape index (κ3) is 3.94. The van der Waals surface area contributed by atoms with Crippen molar-refractivity contribution in [2.75, 3.05) is 0 Å². The molecule has 0 spiro atoms. The van der Waals surface area contributed by atoms with Crippen molar-refractivity contribution in [3.8, 4) is 11.8 Å². The molecule has 2 aromatic rings. The number of rotatable bonds is 4. The number of ether oxygens (including phenoxy) is 1. The summed E-state index contributed by atoms with van der Waals surface area (Å²) in [7, 11) is 1.15. The van der Waals surface area contributed by atoms with Crippen LogP contribution in [-0.2, 0) is 15.7 Å². The monoisotopic (exact) mass is 325 g/mol. The molecule has 108 valence electrons. The summed E-state index contributed by atoms with van der Waals surface area (Å²) in [4.78, 5) is -0.333. The van der Waals surface area contributed by atoms with Crippen LogP contribution in [0.4, 0.5) is 4.39 Å². The van der Waals surface area contributed by atoms with Gasteiger partial charge in [0.15, 0.2) is 11.6 Å². The van der Waals surface area contributed by atoms with E-state index in [9.17, 15) is 12.8 Å². The van der Waals surface area contributed by atoms with E-state index in [2.05, 4.69) is 0 Å². The average molecular weight is 326 g/mol. The maximum Gasteiger partial charge on any atom is 0.261 e. The van der Waals surface area contributed by atoms with Gasteiger partial charge in [-0.3, -0.25) is 0 Å². The molecule has 0 aromatic heterocycles. The molecule has 0 N–H and O–H groups in total. The zero-order valence-corrected chi connectivity index (χ0v) is 12.2. The Morgan fingerprint density at radius 1 is 1.24 bits per heavy atom. The first-order valence-electron chi connectivity index (χ1n) is 5.76. The zero-order valence-electron chi connectivity index (χ0n) is 10.6. The van der Waals surface area contributed by atoms with E-state index in [-0.39, 0.29) is 17.3 Å². The van der Waals surface area contributed by atoms with Gasteiger partial charge in [-0.15, -0.1) is 0 Å². The summed E-state index contributed by atoms with van der Waals surface area (Å²) in [5.74, 6) is -0.922. The third-order valence-electron chi connectivity index (χ3n) is 2.64. The smallest absolute Gasteiger partial charge is 0.261 e. The standard InChI is InChI=1S/C14H9ClFNO3S/c15-21(18,19)12-4-5-14(13(16)7-12)20-9-11-3-1-2-10(6-11)8-17/h1-7H,9H2. The fourth-order valence-electron chi connectivity index (χ4n) is 1.64. The molecule has 0 radical (unpaired) electrons. The molecular formula is C14H9ClFNO3S. The molecule has 0 amide bonds. The van der Waals surface area contributed by atoms with Crippen LogP contribution in [0, 0.1) is 17.1 Å². The number of nitrogens with zero attached hydrogens (tertiary/aromatic N) is 1. The first kappa shape index (κ1) is 15.3. The molecule has 0 atom stereocenters. The van der Waals surface area contributed by atoms with Crippen molar-refractivity contribution in [2.24, 2.45) is 0 Å². The molecular weight excluding hydrogens is 317 g/mol. The Morgan fingerprint density at radius 3 is 2.62 bits per heavy atom. The number of hydrogen-bond acceptors (Lipinski definition) is 4. The summed E-state index contributed by atoms with van der Waals surface area (Å²) in [5.41, 5.74) is 1.17. The van der Waals surface area contributed by atoms with Gasteiger partial charge in [0.25, 0.3) is 9.05 Å². The van der Waals surface area contributed by atoms with E-state index < -0.39 is 14.9 Å². The first-order valence-corrected chi connectivity index (χ1v) is 8.07. The summed E-state index contributed by atoms with van der Waals surface area (Å²) >= 11 is 0. The molecule has 0 bridgehead atoms. The van der Waals surface area contributed by atoms with Crippen LogP contribution < -0.4 is 4.74 Å². The van der Waals surface area contributed by atoms with Crippen LogP contribution in [0.1, 0.15) is 11.1 Å². The molecule has 21 heavy (non-hydrogen) atoms. The third-order valence-corrected chi connectivity index (χ3v) is 3.99. The highest BCUT2D eigenvalue weighted by Crippen LogP contribution is 2.24. The van der Waals surface area contributed by atoms with Crippen molar-refractivity contribution in [3.63, 3.8) is 0 Å². The summed E-state index contributed by atoms with van der Waals surface area (Å²) in [5, 5.41) is 8.78. The molecule has 4 nitrogen and oxygen atoms in total. The van der Waals surface area contributed by atoms with E-state index in [1.165, 1.54) is 6.07 Å². The zero-order chi connectivity index (χ0) is 15.5. The van der Waals surface area contributed by atoms with Gasteiger partial charge in [0.2, 0.25) is 0 Å². The molecule has 7 heteroatoms. The Hall–Kier alpha value is -2.10. The topological polar surface area (TPSA) is 67.2 Å². The highest BCUT2D eigenvalue weighted by molar-refractivity contribution is 8.13. The molecule has 0 fully saturated rings. The predicted octanol–water partition coefficient (Wildman–Crippen LogP) is 3.20. The second-order valence-electron chi connectivity index (χ2n) is 4.13. The van der Waals surface area contributed by atoms with Gasteiger partial charge in [0, 0.05) is 10.7 Å². The second-order valence-corrected chi connectivity index (χ2v) is 6.70. The van der Waals surface area contributed by atoms with Crippen LogP contribution in [-0.4, -0.2) is 8.42 Å². The molecule has 0 saturated heterocycles. The fourth-order valence-corrected chi connectivity index (χ4v) is 2.40. The van der Waals surface area contributed by atoms with Crippen LogP contribution in [0.3, 0.4) is 0 Å². The van der Waals surface area contributed by atoms with Gasteiger partial charge in [-0.2, -0.15) is 5.26 Å². The molecule has 0 aliphatic rings. The Labute approximate surface area is 125 Å². The van der Waals surface area contributed by atoms with Crippen LogP contribution in [0.15, 0.2) is 47.4 Å². The Kier molecular flexibility index (Phi) is 4.46. The summed E-state index contributed by atoms with van der Waals surface area (Å²) in [6.45, 7) is 0.0550. The van der Waals surface area contributed by atoms with Crippen molar-refractivity contribution in [2.45, 2.75) is 11.5 Å². The summed E-state index contributed by atoms with van der Waals surface area (Å²) < 4.78 is 41.1. The molecule has 0 aliphatic carbocycles. The number of benzene rings is 2. The van der Waals surface area contributed by atoms with Crippen molar-refractivity contribution in [3.05, 3.63) is 59.4 Å². The van der Waals surface area contributed by atoms with Gasteiger partial charge >= 0.3 is 0 Å². The molecule has 0 heterocycles. The van der Waals surface area contributed by atoms with Crippen molar-refractivity contribution >= 4 is 19.7 Å². The lowest BCUT2D eigenvalue weighted by Crippen LogP contribution is -1.99. The molecule has 0 aliphatic heterocycles. The average Bonchev–Trinajstić information content (AvgIpc) is 2.45. The predicted molar refractivity (Wildman–Crippen MR) is 74.9 cm³/mol. The summed E-state index contributed by atoms with van der Waals surface area (Å²) in [6, 6.07) is 11.8. The van der Waals surface area contributed by atoms with Crippen molar-refractivity contribution in [1.29, 1.82) is 5.26 Å². The van der Waals surface area contributed by atoms with E-state index in [1.54, 1.807) is 24.3 Å². The minimum atomic E-state index is -3.98. The van der Waals surface area contributed by atoms with E-state index in [4.69, 9.17) is 20.7 Å². The summed E-state index contributed by atoms with van der Waals surface area (Å²) in [6.07, 6.45) is 0. The molecule has 2 rings (SSSR count). The number of hydrogen-bond donors (Lipinski definition) is 0. The lowest BCUT2D eigenvalue weighted by Gasteiger charge is -2.08. The van der Waals surface area contributed by atoms with Gasteiger partial charge < -0.3 is 4.74 Å². The number of nitriles is 1. The number of halogens is 2. The highest BCUT2D eigenvalue weighted by atomic mass is 35.7. The molecule has 0 unspecified atom stereocenters. The first-order chi connectivity index (χ1) is 9.90. The largest absolute Gasteiger partial charge is 0.486 e. The second kappa shape index (κ2) is 6.12. The molecule has 2 aromatic carbocycles. The van der Waals surface area contributed by atoms with Gasteiger partial charge in [-0.05, 0) is 35.9 Å². The Balaban J connectivity index is 2.15. The van der Waals surface area contributed by atoms with Crippen LogP contribution in [0.5, 0.6) is 5.75 Å².